The first-order valence-corrected chi connectivity index (χ1v) is 13.1. The minimum absolute atomic E-state index is 0.0871. The highest BCUT2D eigenvalue weighted by atomic mass is 16.5. The summed E-state index contributed by atoms with van der Waals surface area (Å²) >= 11 is 0. The molecular formula is C30H30N4O6. The number of anilines is 1. The number of aliphatic hydroxyl groups is 1. The number of amides is 1. The highest BCUT2D eigenvalue weighted by Gasteiger charge is 2.29. The maximum Gasteiger partial charge on any atom is 0.264 e. The third-order valence-corrected chi connectivity index (χ3v) is 7.11. The Labute approximate surface area is 230 Å². The number of pyridine rings is 3. The molecule has 0 spiro atoms. The second-order valence-corrected chi connectivity index (χ2v) is 9.99. The van der Waals surface area contributed by atoms with Gasteiger partial charge in [0, 0.05) is 35.3 Å². The summed E-state index contributed by atoms with van der Waals surface area (Å²) in [7, 11) is 1.59. The third-order valence-electron chi connectivity index (χ3n) is 7.11. The summed E-state index contributed by atoms with van der Waals surface area (Å²) < 4.78 is 12.7. The van der Waals surface area contributed by atoms with Gasteiger partial charge in [-0.15, -0.1) is 0 Å². The number of hydrogen-bond donors (Lipinski definition) is 2. The van der Waals surface area contributed by atoms with Gasteiger partial charge < -0.3 is 24.5 Å². The molecule has 1 aliphatic rings. The van der Waals surface area contributed by atoms with Crippen LogP contribution in [-0.2, 0) is 6.42 Å². The van der Waals surface area contributed by atoms with Gasteiger partial charge in [-0.25, -0.2) is 4.98 Å². The highest BCUT2D eigenvalue weighted by molar-refractivity contribution is 6.06. The fraction of sp³-hybridized carbons (Fsp3) is 0.300. The van der Waals surface area contributed by atoms with E-state index in [0.717, 1.165) is 5.39 Å². The molecule has 2 N–H and O–H groups in total. The number of benzene rings is 1. The fourth-order valence-electron chi connectivity index (χ4n) is 4.97. The highest BCUT2D eigenvalue weighted by Crippen LogP contribution is 2.31. The van der Waals surface area contributed by atoms with Crippen molar-refractivity contribution in [3.63, 3.8) is 0 Å². The van der Waals surface area contributed by atoms with Crippen molar-refractivity contribution in [1.29, 1.82) is 0 Å². The summed E-state index contributed by atoms with van der Waals surface area (Å²) in [5, 5.41) is 13.5. The monoisotopic (exact) mass is 542 g/mol. The van der Waals surface area contributed by atoms with Crippen LogP contribution in [0.15, 0.2) is 59.7 Å². The maximum atomic E-state index is 13.5. The molecule has 0 saturated carbocycles. The molecule has 10 heteroatoms. The molecule has 4 aromatic rings. The number of methoxy groups -OCH3 is 1. The predicted molar refractivity (Wildman–Crippen MR) is 149 cm³/mol. The number of ether oxygens (including phenoxy) is 2. The van der Waals surface area contributed by atoms with Gasteiger partial charge in [0.25, 0.3) is 11.5 Å². The van der Waals surface area contributed by atoms with Crippen molar-refractivity contribution in [2.24, 2.45) is 5.92 Å². The van der Waals surface area contributed by atoms with Crippen molar-refractivity contribution in [2.75, 3.05) is 19.0 Å². The van der Waals surface area contributed by atoms with Crippen molar-refractivity contribution >= 4 is 28.4 Å². The Hall–Kier alpha value is -4.57. The zero-order chi connectivity index (χ0) is 28.4. The van der Waals surface area contributed by atoms with Gasteiger partial charge >= 0.3 is 0 Å². The molecular weight excluding hydrogens is 512 g/mol. The Morgan fingerprint density at radius 1 is 1.07 bits per heavy atom. The topological polar surface area (TPSA) is 133 Å². The number of aliphatic hydroxyl groups excluding tert-OH is 1. The van der Waals surface area contributed by atoms with Gasteiger partial charge in [0.05, 0.1) is 31.5 Å². The molecule has 0 bridgehead atoms. The largest absolute Gasteiger partial charge is 0.497 e. The lowest BCUT2D eigenvalue weighted by Crippen LogP contribution is -2.39. The molecule has 0 unspecified atom stereocenters. The second-order valence-electron chi connectivity index (χ2n) is 9.99. The van der Waals surface area contributed by atoms with Gasteiger partial charge in [0.2, 0.25) is 0 Å². The van der Waals surface area contributed by atoms with Crippen LogP contribution in [0.5, 0.6) is 17.2 Å². The third kappa shape index (κ3) is 5.17. The van der Waals surface area contributed by atoms with E-state index in [9.17, 15) is 19.5 Å². The number of fused-ring (bicyclic) bond motifs is 2. The molecule has 1 aromatic carbocycles. The number of nitrogens with zero attached hydrogens (tertiary/aromatic N) is 3. The van der Waals surface area contributed by atoms with Crippen LogP contribution in [-0.4, -0.2) is 45.0 Å². The van der Waals surface area contributed by atoms with Crippen LogP contribution in [0.4, 0.5) is 5.82 Å². The van der Waals surface area contributed by atoms with Crippen molar-refractivity contribution in [3.05, 3.63) is 82.0 Å². The van der Waals surface area contributed by atoms with Crippen molar-refractivity contribution in [2.45, 2.75) is 39.2 Å². The molecule has 1 atom stereocenters. The molecule has 3 heterocycles. The average molecular weight is 543 g/mol. The molecule has 206 valence electrons. The lowest BCUT2D eigenvalue weighted by atomic mass is 9.91. The first-order valence-electron chi connectivity index (χ1n) is 13.1. The van der Waals surface area contributed by atoms with Gasteiger partial charge in [-0.3, -0.25) is 19.4 Å². The molecule has 3 aromatic heterocycles. The average Bonchev–Trinajstić information content (AvgIpc) is 2.95. The summed E-state index contributed by atoms with van der Waals surface area (Å²) in [5.41, 5.74) is 0.929. The van der Waals surface area contributed by atoms with Crippen LogP contribution in [0.1, 0.15) is 59.1 Å². The van der Waals surface area contributed by atoms with Gasteiger partial charge in [0.1, 0.15) is 28.6 Å². The summed E-state index contributed by atoms with van der Waals surface area (Å²) in [6, 6.07) is 11.3. The molecule has 5 rings (SSSR count). The molecule has 1 aliphatic carbocycles. The number of aromatic nitrogens is 3. The SMILES string of the molecule is COc1ccc2c(Oc3ccc(NC(=O)c4cc5c(n([C@@H](CO)C(C)C)c4=O)CCCC5=O)nc3)ccnc2c1. The van der Waals surface area contributed by atoms with Gasteiger partial charge in [0.15, 0.2) is 5.78 Å². The van der Waals surface area contributed by atoms with Gasteiger partial charge in [-0.2, -0.15) is 0 Å². The first kappa shape index (κ1) is 27.0. The quantitative estimate of drug-likeness (QED) is 0.331. The molecule has 0 saturated heterocycles. The second kappa shape index (κ2) is 11.3. The number of carbonyl (C=O) groups excluding carboxylic acids is 2. The Morgan fingerprint density at radius 2 is 1.88 bits per heavy atom. The summed E-state index contributed by atoms with van der Waals surface area (Å²) in [5.74, 6) is 1.02. The standard InChI is InChI=1S/C30H30N4O6/c1-17(2)25(16-35)34-24-5-4-6-26(36)21(24)14-22(30(34)38)29(37)33-28-10-8-19(15-32-28)40-27-11-12-31-23-13-18(39-3)7-9-20(23)27/h7-15,17,25,35H,4-6,16H2,1-3H3,(H,32,33,37)/t25-/m0/s1. The zero-order valence-corrected chi connectivity index (χ0v) is 22.5. The van der Waals surface area contributed by atoms with Crippen LogP contribution in [0.3, 0.4) is 0 Å². The number of Topliss-reactive ketones (excluding diaryl/α,β-unsaturated/α-hetero) is 1. The van der Waals surface area contributed by atoms with Crippen molar-refractivity contribution in [1.82, 2.24) is 14.5 Å². The lowest BCUT2D eigenvalue weighted by molar-refractivity contribution is 0.0967. The van der Waals surface area contributed by atoms with E-state index in [4.69, 9.17) is 9.47 Å². The van der Waals surface area contributed by atoms with Gasteiger partial charge in [-0.1, -0.05) is 13.8 Å². The number of nitrogens with one attached hydrogen (secondary N) is 1. The molecule has 10 nitrogen and oxygen atoms in total. The van der Waals surface area contributed by atoms with Crippen LogP contribution in [0, 0.1) is 5.92 Å². The maximum absolute atomic E-state index is 13.5. The Morgan fingerprint density at radius 3 is 2.58 bits per heavy atom. The van der Waals surface area contributed by atoms with Crippen molar-refractivity contribution < 1.29 is 24.2 Å². The van der Waals surface area contributed by atoms with E-state index in [-0.39, 0.29) is 29.7 Å². The molecule has 0 radical (unpaired) electrons. The minimum Gasteiger partial charge on any atom is -0.497 e. The van der Waals surface area contributed by atoms with Gasteiger partial charge in [-0.05, 0) is 55.2 Å². The Balaban J connectivity index is 1.40. The minimum atomic E-state index is -0.685. The predicted octanol–water partition coefficient (Wildman–Crippen LogP) is 4.55. The van der Waals surface area contributed by atoms with Crippen LogP contribution < -0.4 is 20.3 Å². The molecule has 0 aliphatic heterocycles. The van der Waals surface area contributed by atoms with E-state index in [1.807, 2.05) is 32.0 Å². The van der Waals surface area contributed by atoms with E-state index in [1.54, 1.807) is 31.5 Å². The van der Waals surface area contributed by atoms with E-state index in [1.165, 1.54) is 16.8 Å². The normalized spacial score (nSPS) is 13.7. The van der Waals surface area contributed by atoms with Crippen LogP contribution in [0.25, 0.3) is 10.9 Å². The number of hydrogen-bond acceptors (Lipinski definition) is 8. The Kier molecular flexibility index (Phi) is 7.61. The summed E-state index contributed by atoms with van der Waals surface area (Å²) in [6.45, 7) is 3.49. The number of rotatable bonds is 8. The van der Waals surface area contributed by atoms with Crippen LogP contribution >= 0.6 is 0 Å². The first-order chi connectivity index (χ1) is 19.3. The Bertz CT molecular complexity index is 1650. The number of ketones is 1. The van der Waals surface area contributed by atoms with E-state index < -0.39 is 17.5 Å². The van der Waals surface area contributed by atoms with E-state index in [2.05, 4.69) is 15.3 Å². The summed E-state index contributed by atoms with van der Waals surface area (Å²) in [4.78, 5) is 48.1. The zero-order valence-electron chi connectivity index (χ0n) is 22.5. The lowest BCUT2D eigenvalue weighted by Gasteiger charge is -2.28. The van der Waals surface area contributed by atoms with E-state index in [0.29, 0.717) is 53.3 Å². The van der Waals surface area contributed by atoms with E-state index >= 15 is 0 Å². The smallest absolute Gasteiger partial charge is 0.264 e. The fourth-order valence-corrected chi connectivity index (χ4v) is 4.97. The summed E-state index contributed by atoms with van der Waals surface area (Å²) in [6.07, 6.45) is 4.59. The molecule has 40 heavy (non-hydrogen) atoms. The molecule has 0 fully saturated rings. The molecule has 1 amide bonds. The van der Waals surface area contributed by atoms with Crippen LogP contribution in [0.2, 0.25) is 0 Å². The van der Waals surface area contributed by atoms with Crippen molar-refractivity contribution in [3.8, 4) is 17.2 Å². The number of carbonyl (C=O) groups is 2.